The Balaban J connectivity index is 2.06. The summed E-state index contributed by atoms with van der Waals surface area (Å²) in [5.74, 6) is -0.430. The topological polar surface area (TPSA) is 78.4 Å². The third-order valence-electron chi connectivity index (χ3n) is 3.46. The van der Waals surface area contributed by atoms with Crippen molar-refractivity contribution in [2.45, 2.75) is 51.5 Å². The van der Waals surface area contributed by atoms with Crippen LogP contribution in [0.3, 0.4) is 0 Å². The van der Waals surface area contributed by atoms with E-state index in [1.54, 1.807) is 0 Å². The average molecular weight is 256 g/mol. The van der Waals surface area contributed by atoms with E-state index < -0.39 is 12.0 Å². The SMILES string of the molecule is CC(=O)NC(CNCCCC1CCCC1)C(=O)O. The van der Waals surface area contributed by atoms with Gasteiger partial charge in [0.25, 0.3) is 0 Å². The van der Waals surface area contributed by atoms with Crippen molar-refractivity contribution in [1.82, 2.24) is 10.6 Å². The Bertz CT molecular complexity index is 275. The van der Waals surface area contributed by atoms with Crippen molar-refractivity contribution in [3.05, 3.63) is 0 Å². The molecule has 0 aromatic rings. The number of amides is 1. The largest absolute Gasteiger partial charge is 0.480 e. The summed E-state index contributed by atoms with van der Waals surface area (Å²) in [6.07, 6.45) is 7.73. The molecule has 0 aliphatic heterocycles. The molecule has 1 rings (SSSR count). The predicted molar refractivity (Wildman–Crippen MR) is 69.3 cm³/mol. The summed E-state index contributed by atoms with van der Waals surface area (Å²) in [5, 5.41) is 14.4. The van der Waals surface area contributed by atoms with E-state index in [4.69, 9.17) is 5.11 Å². The Kier molecular flexibility index (Phi) is 6.72. The molecule has 1 aliphatic rings. The summed E-state index contributed by atoms with van der Waals surface area (Å²) in [5.41, 5.74) is 0. The molecule has 0 heterocycles. The van der Waals surface area contributed by atoms with Crippen LogP contribution in [0.1, 0.15) is 45.4 Å². The maximum absolute atomic E-state index is 10.9. The van der Waals surface area contributed by atoms with Gasteiger partial charge < -0.3 is 15.7 Å². The molecule has 0 saturated heterocycles. The lowest BCUT2D eigenvalue weighted by Gasteiger charge is -2.14. The summed E-state index contributed by atoms with van der Waals surface area (Å²) in [6, 6.07) is -0.825. The highest BCUT2D eigenvalue weighted by Crippen LogP contribution is 2.28. The first-order valence-corrected chi connectivity index (χ1v) is 6.80. The third kappa shape index (κ3) is 6.00. The minimum absolute atomic E-state index is 0.291. The number of carboxylic acid groups (broad SMARTS) is 1. The maximum atomic E-state index is 10.9. The fourth-order valence-corrected chi connectivity index (χ4v) is 2.51. The molecular formula is C13H24N2O3. The second-order valence-electron chi connectivity index (χ2n) is 5.09. The standard InChI is InChI=1S/C13H24N2O3/c1-10(16)15-12(13(17)18)9-14-8-4-7-11-5-2-3-6-11/h11-12,14H,2-9H2,1H3,(H,15,16)(H,17,18). The van der Waals surface area contributed by atoms with Crippen LogP contribution >= 0.6 is 0 Å². The van der Waals surface area contributed by atoms with Crippen LogP contribution in [0.5, 0.6) is 0 Å². The Morgan fingerprint density at radius 3 is 2.56 bits per heavy atom. The summed E-state index contributed by atoms with van der Waals surface area (Å²) < 4.78 is 0. The van der Waals surface area contributed by atoms with Crippen molar-refractivity contribution in [3.8, 4) is 0 Å². The van der Waals surface area contributed by atoms with Crippen molar-refractivity contribution in [3.63, 3.8) is 0 Å². The lowest BCUT2D eigenvalue weighted by Crippen LogP contribution is -2.46. The van der Waals surface area contributed by atoms with Crippen molar-refractivity contribution in [2.75, 3.05) is 13.1 Å². The van der Waals surface area contributed by atoms with E-state index in [2.05, 4.69) is 10.6 Å². The molecular weight excluding hydrogens is 232 g/mol. The van der Waals surface area contributed by atoms with E-state index in [0.717, 1.165) is 18.9 Å². The average Bonchev–Trinajstić information content (AvgIpc) is 2.79. The van der Waals surface area contributed by atoms with Gasteiger partial charge in [0.1, 0.15) is 6.04 Å². The van der Waals surface area contributed by atoms with Crippen LogP contribution in [0.4, 0.5) is 0 Å². The molecule has 1 saturated carbocycles. The molecule has 0 bridgehead atoms. The highest BCUT2D eigenvalue weighted by Gasteiger charge is 2.18. The molecule has 5 nitrogen and oxygen atoms in total. The number of carboxylic acids is 1. The van der Waals surface area contributed by atoms with Crippen LogP contribution in [0, 0.1) is 5.92 Å². The van der Waals surface area contributed by atoms with Crippen molar-refractivity contribution in [2.24, 2.45) is 5.92 Å². The maximum Gasteiger partial charge on any atom is 0.327 e. The van der Waals surface area contributed by atoms with Gasteiger partial charge >= 0.3 is 5.97 Å². The van der Waals surface area contributed by atoms with Gasteiger partial charge in [-0.2, -0.15) is 0 Å². The third-order valence-corrected chi connectivity index (χ3v) is 3.46. The molecule has 18 heavy (non-hydrogen) atoms. The quantitative estimate of drug-likeness (QED) is 0.569. The van der Waals surface area contributed by atoms with Gasteiger partial charge in [-0.05, 0) is 25.3 Å². The second-order valence-corrected chi connectivity index (χ2v) is 5.09. The lowest BCUT2D eigenvalue weighted by atomic mass is 10.0. The van der Waals surface area contributed by atoms with E-state index in [1.807, 2.05) is 0 Å². The second kappa shape index (κ2) is 8.08. The highest BCUT2D eigenvalue weighted by atomic mass is 16.4. The van der Waals surface area contributed by atoms with Crippen LogP contribution in [-0.2, 0) is 9.59 Å². The molecule has 0 radical (unpaired) electrons. The Morgan fingerprint density at radius 2 is 2.00 bits per heavy atom. The number of aliphatic carboxylic acids is 1. The van der Waals surface area contributed by atoms with Crippen molar-refractivity contribution < 1.29 is 14.7 Å². The first-order valence-electron chi connectivity index (χ1n) is 6.80. The Hall–Kier alpha value is -1.10. The molecule has 1 atom stereocenters. The van der Waals surface area contributed by atoms with Gasteiger partial charge in [-0.15, -0.1) is 0 Å². The Labute approximate surface area is 108 Å². The summed E-state index contributed by atoms with van der Waals surface area (Å²) in [7, 11) is 0. The monoisotopic (exact) mass is 256 g/mol. The summed E-state index contributed by atoms with van der Waals surface area (Å²) in [4.78, 5) is 21.7. The van der Waals surface area contributed by atoms with E-state index in [0.29, 0.717) is 6.54 Å². The van der Waals surface area contributed by atoms with Crippen molar-refractivity contribution >= 4 is 11.9 Å². The zero-order valence-corrected chi connectivity index (χ0v) is 11.1. The first-order chi connectivity index (χ1) is 8.59. The predicted octanol–water partition coefficient (Wildman–Crippen LogP) is 1.14. The Morgan fingerprint density at radius 1 is 1.33 bits per heavy atom. The lowest BCUT2D eigenvalue weighted by molar-refractivity contribution is -0.141. The van der Waals surface area contributed by atoms with Crippen LogP contribution in [0.2, 0.25) is 0 Å². The number of hydrogen-bond acceptors (Lipinski definition) is 3. The van der Waals surface area contributed by atoms with Gasteiger partial charge in [0.2, 0.25) is 5.91 Å². The van der Waals surface area contributed by atoms with E-state index in [9.17, 15) is 9.59 Å². The fraction of sp³-hybridized carbons (Fsp3) is 0.846. The summed E-state index contributed by atoms with van der Waals surface area (Å²) in [6.45, 7) is 2.44. The van der Waals surface area contributed by atoms with Gasteiger partial charge in [-0.1, -0.05) is 25.7 Å². The molecule has 3 N–H and O–H groups in total. The first kappa shape index (κ1) is 15.0. The van der Waals surface area contributed by atoms with Crippen LogP contribution in [0.15, 0.2) is 0 Å². The molecule has 0 aromatic heterocycles. The molecule has 5 heteroatoms. The van der Waals surface area contributed by atoms with Crippen LogP contribution in [-0.4, -0.2) is 36.1 Å². The number of hydrogen-bond donors (Lipinski definition) is 3. The van der Waals surface area contributed by atoms with Gasteiger partial charge in [-0.3, -0.25) is 4.79 Å². The molecule has 104 valence electrons. The molecule has 1 unspecified atom stereocenters. The van der Waals surface area contributed by atoms with Gasteiger partial charge in [0.15, 0.2) is 0 Å². The zero-order valence-electron chi connectivity index (χ0n) is 11.1. The van der Waals surface area contributed by atoms with Crippen molar-refractivity contribution in [1.29, 1.82) is 0 Å². The molecule has 0 aromatic carbocycles. The molecule has 1 aliphatic carbocycles. The highest BCUT2D eigenvalue weighted by molar-refractivity contribution is 5.82. The summed E-state index contributed by atoms with van der Waals surface area (Å²) >= 11 is 0. The minimum atomic E-state index is -0.992. The number of carbonyl (C=O) groups is 2. The number of nitrogens with one attached hydrogen (secondary N) is 2. The van der Waals surface area contributed by atoms with E-state index in [-0.39, 0.29) is 5.91 Å². The van der Waals surface area contributed by atoms with Gasteiger partial charge in [-0.25, -0.2) is 4.79 Å². The van der Waals surface area contributed by atoms with E-state index >= 15 is 0 Å². The smallest absolute Gasteiger partial charge is 0.327 e. The molecule has 1 fully saturated rings. The van der Waals surface area contributed by atoms with Crippen LogP contribution in [0.25, 0.3) is 0 Å². The van der Waals surface area contributed by atoms with Gasteiger partial charge in [0, 0.05) is 13.5 Å². The number of carbonyl (C=O) groups excluding carboxylic acids is 1. The minimum Gasteiger partial charge on any atom is -0.480 e. The number of rotatable bonds is 8. The molecule has 0 spiro atoms. The fourth-order valence-electron chi connectivity index (χ4n) is 2.51. The van der Waals surface area contributed by atoms with Gasteiger partial charge in [0.05, 0.1) is 0 Å². The molecule has 1 amide bonds. The normalized spacial score (nSPS) is 17.6. The van der Waals surface area contributed by atoms with E-state index in [1.165, 1.54) is 39.0 Å². The van der Waals surface area contributed by atoms with Crippen LogP contribution < -0.4 is 10.6 Å². The zero-order chi connectivity index (χ0) is 13.4.